The molecule has 3 heteroatoms. The summed E-state index contributed by atoms with van der Waals surface area (Å²) < 4.78 is 0. The fraction of sp³-hybridized carbons (Fsp3) is 0.533. The molecule has 0 aliphatic heterocycles. The van der Waals surface area contributed by atoms with Crippen molar-refractivity contribution in [3.05, 3.63) is 35.4 Å². The lowest BCUT2D eigenvalue weighted by Gasteiger charge is -2.26. The number of carbonyl (C=O) groups is 1. The van der Waals surface area contributed by atoms with E-state index >= 15 is 0 Å². The standard InChI is InChI=1S/C15H19NO2/c17-13-9-11-6-1-2-7-12(11)15(13)16-14(18)8-10-4-3-5-10/h1-2,6-7,10,13,15,17H,3-5,8-9H2,(H,16,18)/t13-,15+/m1/s1. The second-order valence-corrected chi connectivity index (χ2v) is 5.52. The highest BCUT2D eigenvalue weighted by molar-refractivity contribution is 5.77. The molecule has 3 nitrogen and oxygen atoms in total. The summed E-state index contributed by atoms with van der Waals surface area (Å²) in [5.41, 5.74) is 2.23. The number of fused-ring (bicyclic) bond motifs is 1. The van der Waals surface area contributed by atoms with Crippen LogP contribution >= 0.6 is 0 Å². The maximum absolute atomic E-state index is 11.9. The van der Waals surface area contributed by atoms with Crippen molar-refractivity contribution in [3.63, 3.8) is 0 Å². The Morgan fingerprint density at radius 1 is 1.33 bits per heavy atom. The molecule has 1 saturated carbocycles. The van der Waals surface area contributed by atoms with Gasteiger partial charge in [0.15, 0.2) is 0 Å². The first-order chi connectivity index (χ1) is 8.74. The smallest absolute Gasteiger partial charge is 0.220 e. The number of hydrogen-bond donors (Lipinski definition) is 2. The molecule has 0 bridgehead atoms. The van der Waals surface area contributed by atoms with E-state index in [0.717, 1.165) is 11.1 Å². The Labute approximate surface area is 107 Å². The largest absolute Gasteiger partial charge is 0.390 e. The highest BCUT2D eigenvalue weighted by Gasteiger charge is 2.32. The van der Waals surface area contributed by atoms with Crippen LogP contribution in [0.2, 0.25) is 0 Å². The van der Waals surface area contributed by atoms with Crippen molar-refractivity contribution in [2.75, 3.05) is 0 Å². The predicted molar refractivity (Wildman–Crippen MR) is 69.0 cm³/mol. The van der Waals surface area contributed by atoms with Gasteiger partial charge < -0.3 is 10.4 Å². The number of nitrogens with one attached hydrogen (secondary N) is 1. The highest BCUT2D eigenvalue weighted by atomic mass is 16.3. The zero-order chi connectivity index (χ0) is 12.5. The zero-order valence-corrected chi connectivity index (χ0v) is 10.4. The molecular weight excluding hydrogens is 226 g/mol. The molecular formula is C15H19NO2. The van der Waals surface area contributed by atoms with Crippen LogP contribution in [0.1, 0.15) is 42.9 Å². The Balaban J connectivity index is 1.66. The van der Waals surface area contributed by atoms with E-state index in [-0.39, 0.29) is 11.9 Å². The van der Waals surface area contributed by atoms with Gasteiger partial charge in [0.1, 0.15) is 0 Å². The van der Waals surface area contributed by atoms with Crippen LogP contribution < -0.4 is 5.32 Å². The van der Waals surface area contributed by atoms with Gasteiger partial charge in [-0.1, -0.05) is 30.7 Å². The first kappa shape index (κ1) is 11.7. The SMILES string of the molecule is O=C(CC1CCC1)N[C@H]1c2ccccc2C[C@H]1O. The summed E-state index contributed by atoms with van der Waals surface area (Å²) in [6.07, 6.45) is 4.39. The fourth-order valence-electron chi connectivity index (χ4n) is 2.94. The normalized spacial score (nSPS) is 26.5. The van der Waals surface area contributed by atoms with Crippen LogP contribution in [0.15, 0.2) is 24.3 Å². The minimum absolute atomic E-state index is 0.0838. The van der Waals surface area contributed by atoms with Crippen molar-refractivity contribution < 1.29 is 9.90 Å². The predicted octanol–water partition coefficient (Wildman–Crippen LogP) is 1.95. The summed E-state index contributed by atoms with van der Waals surface area (Å²) in [5.74, 6) is 0.652. The topological polar surface area (TPSA) is 49.3 Å². The Hall–Kier alpha value is -1.35. The Morgan fingerprint density at radius 3 is 2.83 bits per heavy atom. The quantitative estimate of drug-likeness (QED) is 0.855. The molecule has 2 atom stereocenters. The number of rotatable bonds is 3. The number of benzene rings is 1. The number of aliphatic hydroxyl groups excluding tert-OH is 1. The molecule has 0 heterocycles. The molecule has 0 unspecified atom stereocenters. The Morgan fingerprint density at radius 2 is 2.11 bits per heavy atom. The van der Waals surface area contributed by atoms with Crippen molar-refractivity contribution >= 4 is 5.91 Å². The molecule has 18 heavy (non-hydrogen) atoms. The maximum atomic E-state index is 11.9. The molecule has 96 valence electrons. The van der Waals surface area contributed by atoms with Crippen molar-refractivity contribution in [2.45, 2.75) is 44.2 Å². The molecule has 2 aliphatic carbocycles. The van der Waals surface area contributed by atoms with Crippen LogP contribution in [0.25, 0.3) is 0 Å². The lowest BCUT2D eigenvalue weighted by Crippen LogP contribution is -2.35. The molecule has 3 rings (SSSR count). The van der Waals surface area contributed by atoms with Crippen LogP contribution in [-0.4, -0.2) is 17.1 Å². The van der Waals surface area contributed by atoms with Crippen LogP contribution in [0.4, 0.5) is 0 Å². The lowest BCUT2D eigenvalue weighted by molar-refractivity contribution is -0.124. The molecule has 0 saturated heterocycles. The third kappa shape index (κ3) is 2.15. The molecule has 0 radical (unpaired) electrons. The summed E-state index contributed by atoms with van der Waals surface area (Å²) in [7, 11) is 0. The summed E-state index contributed by atoms with van der Waals surface area (Å²) in [5, 5.41) is 13.0. The monoisotopic (exact) mass is 245 g/mol. The number of aliphatic hydroxyl groups is 1. The van der Waals surface area contributed by atoms with Gasteiger partial charge in [0.25, 0.3) is 0 Å². The molecule has 1 fully saturated rings. The van der Waals surface area contributed by atoms with E-state index < -0.39 is 6.10 Å². The number of hydrogen-bond acceptors (Lipinski definition) is 2. The van der Waals surface area contributed by atoms with E-state index in [2.05, 4.69) is 5.32 Å². The first-order valence-electron chi connectivity index (χ1n) is 6.79. The first-order valence-corrected chi connectivity index (χ1v) is 6.79. The number of amides is 1. The van der Waals surface area contributed by atoms with Gasteiger partial charge in [0, 0.05) is 12.8 Å². The molecule has 0 spiro atoms. The maximum Gasteiger partial charge on any atom is 0.220 e. The zero-order valence-electron chi connectivity index (χ0n) is 10.4. The van der Waals surface area contributed by atoms with E-state index in [0.29, 0.717) is 18.8 Å². The third-order valence-electron chi connectivity index (χ3n) is 4.22. The van der Waals surface area contributed by atoms with Crippen molar-refractivity contribution in [1.29, 1.82) is 0 Å². The van der Waals surface area contributed by atoms with Gasteiger partial charge in [0.2, 0.25) is 5.91 Å². The summed E-state index contributed by atoms with van der Waals surface area (Å²) in [6.45, 7) is 0. The van der Waals surface area contributed by atoms with Crippen molar-refractivity contribution in [1.82, 2.24) is 5.32 Å². The van der Waals surface area contributed by atoms with Gasteiger partial charge in [-0.3, -0.25) is 4.79 Å². The van der Waals surface area contributed by atoms with E-state index in [1.807, 2.05) is 24.3 Å². The summed E-state index contributed by atoms with van der Waals surface area (Å²) in [6, 6.07) is 7.75. The second-order valence-electron chi connectivity index (χ2n) is 5.52. The average Bonchev–Trinajstić information content (AvgIpc) is 2.61. The Kier molecular flexibility index (Phi) is 3.08. The molecule has 1 aromatic carbocycles. The van der Waals surface area contributed by atoms with E-state index in [9.17, 15) is 9.90 Å². The van der Waals surface area contributed by atoms with Crippen LogP contribution in [0.3, 0.4) is 0 Å². The average molecular weight is 245 g/mol. The molecule has 2 N–H and O–H groups in total. The van der Waals surface area contributed by atoms with Gasteiger partial charge in [-0.25, -0.2) is 0 Å². The van der Waals surface area contributed by atoms with Gasteiger partial charge in [-0.15, -0.1) is 0 Å². The number of carbonyl (C=O) groups excluding carboxylic acids is 1. The molecule has 1 aromatic rings. The molecule has 0 aromatic heterocycles. The van der Waals surface area contributed by atoms with E-state index in [1.54, 1.807) is 0 Å². The lowest BCUT2D eigenvalue weighted by atomic mass is 9.83. The van der Waals surface area contributed by atoms with Gasteiger partial charge in [0.05, 0.1) is 12.1 Å². The Bertz CT molecular complexity index is 454. The van der Waals surface area contributed by atoms with Gasteiger partial charge in [-0.05, 0) is 29.9 Å². The van der Waals surface area contributed by atoms with E-state index in [1.165, 1.54) is 19.3 Å². The van der Waals surface area contributed by atoms with Crippen molar-refractivity contribution in [3.8, 4) is 0 Å². The summed E-state index contributed by atoms with van der Waals surface area (Å²) in [4.78, 5) is 11.9. The third-order valence-corrected chi connectivity index (χ3v) is 4.22. The van der Waals surface area contributed by atoms with Crippen LogP contribution in [0.5, 0.6) is 0 Å². The molecule has 2 aliphatic rings. The van der Waals surface area contributed by atoms with Crippen LogP contribution in [-0.2, 0) is 11.2 Å². The summed E-state index contributed by atoms with van der Waals surface area (Å²) >= 11 is 0. The minimum atomic E-state index is -0.479. The highest BCUT2D eigenvalue weighted by Crippen LogP contribution is 2.33. The van der Waals surface area contributed by atoms with Gasteiger partial charge >= 0.3 is 0 Å². The second kappa shape index (κ2) is 4.73. The minimum Gasteiger partial charge on any atom is -0.390 e. The van der Waals surface area contributed by atoms with Crippen LogP contribution in [0, 0.1) is 5.92 Å². The van der Waals surface area contributed by atoms with Crippen molar-refractivity contribution in [2.24, 2.45) is 5.92 Å². The van der Waals surface area contributed by atoms with E-state index in [4.69, 9.17) is 0 Å². The fourth-order valence-corrected chi connectivity index (χ4v) is 2.94. The molecule has 1 amide bonds. The van der Waals surface area contributed by atoms with Gasteiger partial charge in [-0.2, -0.15) is 0 Å².